The molecule has 0 aromatic heterocycles. The van der Waals surface area contributed by atoms with Crippen LogP contribution in [0.15, 0.2) is 48.5 Å². The van der Waals surface area contributed by atoms with Crippen molar-refractivity contribution < 1.29 is 14.6 Å². The van der Waals surface area contributed by atoms with Gasteiger partial charge in [0.1, 0.15) is 18.1 Å². The van der Waals surface area contributed by atoms with Crippen molar-refractivity contribution in [2.24, 2.45) is 5.92 Å². The predicted molar refractivity (Wildman–Crippen MR) is 103 cm³/mol. The predicted octanol–water partition coefficient (Wildman–Crippen LogP) is 4.81. The van der Waals surface area contributed by atoms with Crippen molar-refractivity contribution in [3.05, 3.63) is 59.7 Å². The van der Waals surface area contributed by atoms with Crippen molar-refractivity contribution in [2.45, 2.75) is 46.1 Å². The van der Waals surface area contributed by atoms with Gasteiger partial charge in [-0.25, -0.2) is 0 Å². The lowest BCUT2D eigenvalue weighted by molar-refractivity contribution is 0.122. The fraction of sp³-hybridized carbons (Fsp3) is 0.455. The number of rotatable bonds is 8. The molecule has 0 spiro atoms. The molecule has 1 N–H and O–H groups in total. The highest BCUT2D eigenvalue weighted by atomic mass is 16.5. The van der Waals surface area contributed by atoms with Crippen LogP contribution in [0.3, 0.4) is 0 Å². The second-order valence-corrected chi connectivity index (χ2v) is 7.54. The molecule has 1 atom stereocenters. The highest BCUT2D eigenvalue weighted by Gasteiger charge is 2.23. The Labute approximate surface area is 151 Å². The van der Waals surface area contributed by atoms with Gasteiger partial charge in [0.2, 0.25) is 0 Å². The van der Waals surface area contributed by atoms with Crippen LogP contribution in [0.25, 0.3) is 0 Å². The summed E-state index contributed by atoms with van der Waals surface area (Å²) in [6.07, 6.45) is -0.465. The number of ether oxygens (including phenoxy) is 2. The molecule has 25 heavy (non-hydrogen) atoms. The molecule has 1 unspecified atom stereocenters. The topological polar surface area (TPSA) is 38.7 Å². The number of aliphatic hydroxyl groups excluding tert-OH is 1. The van der Waals surface area contributed by atoms with Crippen LogP contribution in [0.4, 0.5) is 0 Å². The lowest BCUT2D eigenvalue weighted by atomic mass is 9.78. The van der Waals surface area contributed by atoms with Gasteiger partial charge in [-0.3, -0.25) is 0 Å². The second kappa shape index (κ2) is 8.39. The van der Waals surface area contributed by atoms with Crippen LogP contribution in [0.1, 0.15) is 45.7 Å². The van der Waals surface area contributed by atoms with Crippen LogP contribution in [0.2, 0.25) is 0 Å². The van der Waals surface area contributed by atoms with E-state index >= 15 is 0 Å². The molecule has 0 bridgehead atoms. The van der Waals surface area contributed by atoms with Crippen LogP contribution in [-0.4, -0.2) is 24.4 Å². The quantitative estimate of drug-likeness (QED) is 0.748. The van der Waals surface area contributed by atoms with Crippen molar-refractivity contribution in [3.63, 3.8) is 0 Å². The van der Waals surface area contributed by atoms with Gasteiger partial charge in [0, 0.05) is 5.41 Å². The first-order valence-electron chi connectivity index (χ1n) is 8.94. The van der Waals surface area contributed by atoms with Gasteiger partial charge in [0.15, 0.2) is 0 Å². The Morgan fingerprint density at radius 3 is 1.52 bits per heavy atom. The molecule has 2 aromatic rings. The molecule has 0 heterocycles. The maximum atomic E-state index is 9.30. The molecule has 0 fully saturated rings. The molecule has 0 aliphatic rings. The van der Waals surface area contributed by atoms with E-state index in [1.807, 2.05) is 24.3 Å². The van der Waals surface area contributed by atoms with E-state index in [0.29, 0.717) is 12.5 Å². The van der Waals surface area contributed by atoms with Gasteiger partial charge in [0.05, 0.1) is 12.7 Å². The minimum absolute atomic E-state index is 0.112. The third-order valence-electron chi connectivity index (χ3n) is 4.23. The van der Waals surface area contributed by atoms with Crippen molar-refractivity contribution in [3.8, 4) is 11.5 Å². The summed E-state index contributed by atoms with van der Waals surface area (Å²) in [4.78, 5) is 0. The average Bonchev–Trinajstić information content (AvgIpc) is 2.59. The molecule has 0 radical (unpaired) electrons. The minimum Gasteiger partial charge on any atom is -0.493 e. The Bertz CT molecular complexity index is 582. The standard InChI is InChI=1S/C22H30O3/c1-16(2)14-24-20-10-6-18(7-11-20)22(4,5)19-8-12-21(13-9-19)25-15-17(3)23/h6-13,16-17,23H,14-15H2,1-5H3. The van der Waals surface area contributed by atoms with Crippen LogP contribution >= 0.6 is 0 Å². The summed E-state index contributed by atoms with van der Waals surface area (Å²) >= 11 is 0. The van der Waals surface area contributed by atoms with Crippen molar-refractivity contribution in [1.29, 1.82) is 0 Å². The molecule has 0 saturated heterocycles. The smallest absolute Gasteiger partial charge is 0.119 e. The molecule has 2 rings (SSSR count). The summed E-state index contributed by atoms with van der Waals surface area (Å²) in [7, 11) is 0. The minimum atomic E-state index is -0.465. The SMILES string of the molecule is CC(C)COc1ccc(C(C)(C)c2ccc(OCC(C)O)cc2)cc1. The zero-order valence-corrected chi connectivity index (χ0v) is 16.0. The van der Waals surface area contributed by atoms with E-state index < -0.39 is 6.10 Å². The summed E-state index contributed by atoms with van der Waals surface area (Å²) in [6, 6.07) is 16.4. The van der Waals surface area contributed by atoms with Gasteiger partial charge in [0.25, 0.3) is 0 Å². The Kier molecular flexibility index (Phi) is 6.49. The summed E-state index contributed by atoms with van der Waals surface area (Å²) in [6.45, 7) is 11.5. The Morgan fingerprint density at radius 2 is 1.16 bits per heavy atom. The van der Waals surface area contributed by atoms with E-state index in [1.54, 1.807) is 6.92 Å². The van der Waals surface area contributed by atoms with Gasteiger partial charge in [-0.2, -0.15) is 0 Å². The molecule has 0 amide bonds. The molecule has 3 heteroatoms. The highest BCUT2D eigenvalue weighted by Crippen LogP contribution is 2.33. The summed E-state index contributed by atoms with van der Waals surface area (Å²) in [5, 5.41) is 9.30. The molecule has 3 nitrogen and oxygen atoms in total. The first-order chi connectivity index (χ1) is 11.8. The zero-order valence-electron chi connectivity index (χ0n) is 16.0. The third kappa shape index (κ3) is 5.50. The zero-order chi connectivity index (χ0) is 18.4. The monoisotopic (exact) mass is 342 g/mol. The number of aliphatic hydroxyl groups is 1. The fourth-order valence-electron chi connectivity index (χ4n) is 2.58. The largest absolute Gasteiger partial charge is 0.493 e. The summed E-state index contributed by atoms with van der Waals surface area (Å²) in [5.74, 6) is 2.21. The summed E-state index contributed by atoms with van der Waals surface area (Å²) in [5.41, 5.74) is 2.34. The second-order valence-electron chi connectivity index (χ2n) is 7.54. The molecule has 2 aromatic carbocycles. The number of benzene rings is 2. The van der Waals surface area contributed by atoms with E-state index in [4.69, 9.17) is 9.47 Å². The Morgan fingerprint density at radius 1 is 0.760 bits per heavy atom. The maximum absolute atomic E-state index is 9.30. The van der Waals surface area contributed by atoms with E-state index in [9.17, 15) is 5.11 Å². The maximum Gasteiger partial charge on any atom is 0.119 e. The fourth-order valence-corrected chi connectivity index (χ4v) is 2.58. The van der Waals surface area contributed by atoms with Gasteiger partial charge >= 0.3 is 0 Å². The number of hydrogen-bond acceptors (Lipinski definition) is 3. The van der Waals surface area contributed by atoms with Gasteiger partial charge in [-0.1, -0.05) is 52.0 Å². The Hall–Kier alpha value is -2.00. The van der Waals surface area contributed by atoms with Crippen molar-refractivity contribution in [1.82, 2.24) is 0 Å². The first-order valence-corrected chi connectivity index (χ1v) is 8.94. The number of hydrogen-bond donors (Lipinski definition) is 1. The summed E-state index contributed by atoms with van der Waals surface area (Å²) < 4.78 is 11.3. The van der Waals surface area contributed by atoms with E-state index in [-0.39, 0.29) is 5.41 Å². The lowest BCUT2D eigenvalue weighted by Gasteiger charge is -2.26. The van der Waals surface area contributed by atoms with E-state index in [0.717, 1.165) is 18.1 Å². The van der Waals surface area contributed by atoms with Crippen LogP contribution in [-0.2, 0) is 5.41 Å². The Balaban J connectivity index is 2.09. The molecular formula is C22H30O3. The van der Waals surface area contributed by atoms with Gasteiger partial charge in [-0.05, 0) is 48.2 Å². The van der Waals surface area contributed by atoms with Gasteiger partial charge < -0.3 is 14.6 Å². The van der Waals surface area contributed by atoms with Crippen LogP contribution < -0.4 is 9.47 Å². The molecule has 136 valence electrons. The molecule has 0 aliphatic heterocycles. The van der Waals surface area contributed by atoms with E-state index in [2.05, 4.69) is 52.0 Å². The van der Waals surface area contributed by atoms with Crippen molar-refractivity contribution in [2.75, 3.05) is 13.2 Å². The van der Waals surface area contributed by atoms with E-state index in [1.165, 1.54) is 11.1 Å². The van der Waals surface area contributed by atoms with Crippen LogP contribution in [0, 0.1) is 5.92 Å². The molecular weight excluding hydrogens is 312 g/mol. The highest BCUT2D eigenvalue weighted by molar-refractivity contribution is 5.41. The van der Waals surface area contributed by atoms with Crippen LogP contribution in [0.5, 0.6) is 11.5 Å². The normalized spacial score (nSPS) is 12.9. The van der Waals surface area contributed by atoms with Crippen molar-refractivity contribution >= 4 is 0 Å². The van der Waals surface area contributed by atoms with Gasteiger partial charge in [-0.15, -0.1) is 0 Å². The average molecular weight is 342 g/mol. The molecule has 0 saturated carbocycles. The lowest BCUT2D eigenvalue weighted by Crippen LogP contribution is -2.19. The third-order valence-corrected chi connectivity index (χ3v) is 4.23. The molecule has 0 aliphatic carbocycles. The first kappa shape index (κ1) is 19.3.